The van der Waals surface area contributed by atoms with Gasteiger partial charge in [0.25, 0.3) is 4.59 Å². The normalized spacial score (nSPS) is 11.7. The number of rotatable bonds is 2. The van der Waals surface area contributed by atoms with Crippen molar-refractivity contribution in [2.45, 2.75) is 17.9 Å². The van der Waals surface area contributed by atoms with E-state index < -0.39 is 4.59 Å². The summed E-state index contributed by atoms with van der Waals surface area (Å²) in [6, 6.07) is 7.44. The average Bonchev–Trinajstić information content (AvgIpc) is 1.91. The maximum Gasteiger partial charge on any atom is 0.261 e. The van der Waals surface area contributed by atoms with Gasteiger partial charge < -0.3 is 0 Å². The number of hydrogen-bond acceptors (Lipinski definition) is 0. The highest BCUT2D eigenvalue weighted by molar-refractivity contribution is 6.47. The molecule has 0 unspecified atom stereocenters. The Kier molecular flexibility index (Phi) is 2.97. The summed E-state index contributed by atoms with van der Waals surface area (Å²) in [6.45, 7) is 1.90. The number of halogens is 3. The van der Waals surface area contributed by atoms with Crippen LogP contribution in [0.1, 0.15) is 11.1 Å². The van der Waals surface area contributed by atoms with Gasteiger partial charge in [0, 0.05) is 6.42 Å². The van der Waals surface area contributed by atoms with Crippen LogP contribution in [0, 0.1) is 6.92 Å². The molecule has 0 amide bonds. The lowest BCUT2D eigenvalue weighted by atomic mass is 10.1. The molecule has 0 N–H and O–H groups in total. The summed E-state index contributed by atoms with van der Waals surface area (Å²) in [5.41, 5.74) is 1.84. The molecular formula is C9H9Cl2F. The topological polar surface area (TPSA) is 0 Å². The molecule has 0 nitrogen and oxygen atoms in total. The van der Waals surface area contributed by atoms with Crippen LogP contribution < -0.4 is 0 Å². The van der Waals surface area contributed by atoms with Crippen molar-refractivity contribution in [1.82, 2.24) is 0 Å². The Morgan fingerprint density at radius 3 is 2.42 bits per heavy atom. The van der Waals surface area contributed by atoms with Gasteiger partial charge in [0.1, 0.15) is 0 Å². The minimum Gasteiger partial charge on any atom is -0.208 e. The Morgan fingerprint density at radius 2 is 1.92 bits per heavy atom. The average molecular weight is 207 g/mol. The van der Waals surface area contributed by atoms with Crippen LogP contribution in [-0.4, -0.2) is 4.59 Å². The van der Waals surface area contributed by atoms with Crippen LogP contribution in [-0.2, 0) is 6.42 Å². The van der Waals surface area contributed by atoms with E-state index in [0.29, 0.717) is 0 Å². The highest BCUT2D eigenvalue weighted by atomic mass is 35.5. The molecule has 12 heavy (non-hydrogen) atoms. The molecule has 0 aliphatic rings. The molecule has 0 aromatic heterocycles. The number of aryl methyl sites for hydroxylation is 1. The van der Waals surface area contributed by atoms with Crippen molar-refractivity contribution >= 4 is 23.2 Å². The smallest absolute Gasteiger partial charge is 0.208 e. The predicted molar refractivity (Wildman–Crippen MR) is 50.4 cm³/mol. The summed E-state index contributed by atoms with van der Waals surface area (Å²) in [7, 11) is 0. The second-order valence-electron chi connectivity index (χ2n) is 2.72. The minimum absolute atomic E-state index is 0.0305. The van der Waals surface area contributed by atoms with Gasteiger partial charge in [0.05, 0.1) is 0 Å². The van der Waals surface area contributed by atoms with Crippen LogP contribution >= 0.6 is 23.2 Å². The molecule has 0 spiro atoms. The largest absolute Gasteiger partial charge is 0.261 e. The van der Waals surface area contributed by atoms with Gasteiger partial charge in [-0.1, -0.05) is 47.5 Å². The van der Waals surface area contributed by atoms with E-state index in [1.807, 2.05) is 31.2 Å². The van der Waals surface area contributed by atoms with Crippen LogP contribution in [0.3, 0.4) is 0 Å². The highest BCUT2D eigenvalue weighted by Crippen LogP contribution is 2.28. The Morgan fingerprint density at radius 1 is 1.33 bits per heavy atom. The summed E-state index contributed by atoms with van der Waals surface area (Å²) in [5, 5.41) is 0. The van der Waals surface area contributed by atoms with Gasteiger partial charge in [-0.15, -0.1) is 0 Å². The van der Waals surface area contributed by atoms with E-state index in [1.165, 1.54) is 0 Å². The number of hydrogen-bond donors (Lipinski definition) is 0. The fourth-order valence-electron chi connectivity index (χ4n) is 1.02. The molecule has 66 valence electrons. The van der Waals surface area contributed by atoms with Gasteiger partial charge in [0.15, 0.2) is 0 Å². The molecule has 1 aromatic rings. The Hall–Kier alpha value is -0.270. The SMILES string of the molecule is Cc1ccccc1CC(F)(Cl)Cl. The first-order chi connectivity index (χ1) is 5.49. The van der Waals surface area contributed by atoms with Gasteiger partial charge in [-0.2, -0.15) is 0 Å². The summed E-state index contributed by atoms with van der Waals surface area (Å²) in [5.74, 6) is 0. The molecule has 0 aliphatic heterocycles. The van der Waals surface area contributed by atoms with Crippen LogP contribution in [0.5, 0.6) is 0 Å². The van der Waals surface area contributed by atoms with Crippen LogP contribution in [0.2, 0.25) is 0 Å². The zero-order chi connectivity index (χ0) is 9.19. The molecule has 0 saturated heterocycles. The van der Waals surface area contributed by atoms with E-state index in [2.05, 4.69) is 0 Å². The highest BCUT2D eigenvalue weighted by Gasteiger charge is 2.22. The van der Waals surface area contributed by atoms with E-state index in [-0.39, 0.29) is 6.42 Å². The van der Waals surface area contributed by atoms with Crippen LogP contribution in [0.15, 0.2) is 24.3 Å². The van der Waals surface area contributed by atoms with Crippen molar-refractivity contribution in [1.29, 1.82) is 0 Å². The Bertz CT molecular complexity index is 265. The molecular weight excluding hydrogens is 198 g/mol. The first-order valence-corrected chi connectivity index (χ1v) is 4.36. The zero-order valence-electron chi connectivity index (χ0n) is 6.65. The van der Waals surface area contributed by atoms with E-state index in [9.17, 15) is 4.39 Å². The van der Waals surface area contributed by atoms with Gasteiger partial charge in [-0.05, 0) is 18.1 Å². The van der Waals surface area contributed by atoms with Gasteiger partial charge >= 0.3 is 0 Å². The van der Waals surface area contributed by atoms with Crippen molar-refractivity contribution < 1.29 is 4.39 Å². The standard InChI is InChI=1S/C9H9Cl2F/c1-7-4-2-3-5-8(7)6-9(10,11)12/h2-5H,6H2,1H3. The minimum atomic E-state index is -2.16. The third-order valence-corrected chi connectivity index (χ3v) is 1.92. The van der Waals surface area contributed by atoms with Crippen molar-refractivity contribution in [3.8, 4) is 0 Å². The summed E-state index contributed by atoms with van der Waals surface area (Å²) >= 11 is 10.5. The van der Waals surface area contributed by atoms with Crippen molar-refractivity contribution in [2.75, 3.05) is 0 Å². The lowest BCUT2D eigenvalue weighted by Crippen LogP contribution is -2.09. The molecule has 1 rings (SSSR count). The second-order valence-corrected chi connectivity index (χ2v) is 4.11. The molecule has 0 heterocycles. The molecule has 0 atom stereocenters. The molecule has 0 aliphatic carbocycles. The molecule has 0 bridgehead atoms. The Labute approximate surface area is 81.3 Å². The molecule has 0 saturated carbocycles. The second kappa shape index (κ2) is 3.63. The molecule has 1 aromatic carbocycles. The first-order valence-electron chi connectivity index (χ1n) is 3.60. The zero-order valence-corrected chi connectivity index (χ0v) is 8.16. The summed E-state index contributed by atoms with van der Waals surface area (Å²) in [6.07, 6.45) is 0.0305. The quantitative estimate of drug-likeness (QED) is 0.649. The van der Waals surface area contributed by atoms with Crippen LogP contribution in [0.4, 0.5) is 4.39 Å². The maximum atomic E-state index is 12.8. The van der Waals surface area contributed by atoms with E-state index >= 15 is 0 Å². The maximum absolute atomic E-state index is 12.8. The fourth-order valence-corrected chi connectivity index (χ4v) is 1.31. The van der Waals surface area contributed by atoms with E-state index in [1.54, 1.807) is 0 Å². The van der Waals surface area contributed by atoms with Gasteiger partial charge in [-0.25, -0.2) is 4.39 Å². The third-order valence-electron chi connectivity index (χ3n) is 1.65. The number of benzene rings is 1. The van der Waals surface area contributed by atoms with Gasteiger partial charge in [-0.3, -0.25) is 0 Å². The molecule has 0 radical (unpaired) electrons. The van der Waals surface area contributed by atoms with Gasteiger partial charge in [0.2, 0.25) is 0 Å². The molecule has 0 fully saturated rings. The summed E-state index contributed by atoms with van der Waals surface area (Å²) in [4.78, 5) is 0. The third kappa shape index (κ3) is 3.00. The van der Waals surface area contributed by atoms with E-state index in [4.69, 9.17) is 23.2 Å². The summed E-state index contributed by atoms with van der Waals surface area (Å²) < 4.78 is 10.6. The van der Waals surface area contributed by atoms with E-state index in [0.717, 1.165) is 11.1 Å². The lowest BCUT2D eigenvalue weighted by molar-refractivity contribution is 0.390. The monoisotopic (exact) mass is 206 g/mol. The fraction of sp³-hybridized carbons (Fsp3) is 0.333. The van der Waals surface area contributed by atoms with Crippen molar-refractivity contribution in [3.63, 3.8) is 0 Å². The van der Waals surface area contributed by atoms with Crippen molar-refractivity contribution in [2.24, 2.45) is 0 Å². The molecule has 3 heteroatoms. The lowest BCUT2D eigenvalue weighted by Gasteiger charge is -2.10. The Balaban J connectivity index is 2.83. The van der Waals surface area contributed by atoms with Crippen molar-refractivity contribution in [3.05, 3.63) is 35.4 Å². The predicted octanol–water partition coefficient (Wildman–Crippen LogP) is 3.64. The van der Waals surface area contributed by atoms with Crippen LogP contribution in [0.25, 0.3) is 0 Å². The number of alkyl halides is 3. The first kappa shape index (κ1) is 9.82.